The molecule has 0 fully saturated rings. The van der Waals surface area contributed by atoms with E-state index in [4.69, 9.17) is 23.2 Å². The number of carbonyl (C=O) groups excluding carboxylic acids is 2. The summed E-state index contributed by atoms with van der Waals surface area (Å²) in [7, 11) is -3.58. The van der Waals surface area contributed by atoms with Crippen molar-refractivity contribution in [2.45, 2.75) is 65.1 Å². The molecule has 0 unspecified atom stereocenters. The quantitative estimate of drug-likeness (QED) is 0.223. The Labute approximate surface area is 259 Å². The highest BCUT2D eigenvalue weighted by Gasteiger charge is 2.31. The van der Waals surface area contributed by atoms with E-state index in [1.807, 2.05) is 63.2 Å². The van der Waals surface area contributed by atoms with Crippen molar-refractivity contribution in [3.05, 3.63) is 99.5 Å². The number of nitrogens with zero attached hydrogens (tertiary/aromatic N) is 2. The highest BCUT2D eigenvalue weighted by molar-refractivity contribution is 7.92. The molecule has 0 radical (unpaired) electrons. The molecule has 42 heavy (non-hydrogen) atoms. The van der Waals surface area contributed by atoms with E-state index in [2.05, 4.69) is 5.32 Å². The van der Waals surface area contributed by atoms with Crippen LogP contribution in [0, 0.1) is 6.92 Å². The number of sulfonamides is 1. The second-order valence-electron chi connectivity index (χ2n) is 10.6. The van der Waals surface area contributed by atoms with Gasteiger partial charge in [0.05, 0.1) is 22.0 Å². The van der Waals surface area contributed by atoms with Crippen molar-refractivity contribution in [2.24, 2.45) is 0 Å². The van der Waals surface area contributed by atoms with Crippen molar-refractivity contribution in [1.29, 1.82) is 0 Å². The highest BCUT2D eigenvalue weighted by atomic mass is 35.5. The largest absolute Gasteiger partial charge is 0.352 e. The molecule has 3 rings (SSSR count). The van der Waals surface area contributed by atoms with Gasteiger partial charge in [-0.25, -0.2) is 8.42 Å². The summed E-state index contributed by atoms with van der Waals surface area (Å²) in [5, 5.41) is 3.79. The summed E-state index contributed by atoms with van der Waals surface area (Å²) in [4.78, 5) is 29.2. The average molecular weight is 633 g/mol. The Morgan fingerprint density at radius 2 is 1.60 bits per heavy atom. The van der Waals surface area contributed by atoms with Crippen LogP contribution < -0.4 is 9.62 Å². The molecule has 0 heterocycles. The Bertz CT molecular complexity index is 1450. The van der Waals surface area contributed by atoms with Gasteiger partial charge in [0.15, 0.2) is 0 Å². The summed E-state index contributed by atoms with van der Waals surface area (Å²) in [5.41, 5.74) is 3.19. The lowest BCUT2D eigenvalue weighted by Crippen LogP contribution is -2.52. The maximum atomic E-state index is 13.9. The predicted molar refractivity (Wildman–Crippen MR) is 171 cm³/mol. The molecule has 10 heteroatoms. The van der Waals surface area contributed by atoms with E-state index in [0.29, 0.717) is 22.2 Å². The van der Waals surface area contributed by atoms with Crippen LogP contribution in [0.1, 0.15) is 49.8 Å². The average Bonchev–Trinajstić information content (AvgIpc) is 2.95. The predicted octanol–water partition coefficient (Wildman–Crippen LogP) is 6.40. The molecule has 3 aromatic carbocycles. The van der Waals surface area contributed by atoms with E-state index in [0.717, 1.165) is 29.4 Å². The summed E-state index contributed by atoms with van der Waals surface area (Å²) >= 11 is 12.4. The van der Waals surface area contributed by atoms with E-state index in [1.165, 1.54) is 4.31 Å². The first-order valence-electron chi connectivity index (χ1n) is 14.0. The topological polar surface area (TPSA) is 86.8 Å². The summed E-state index contributed by atoms with van der Waals surface area (Å²) < 4.78 is 26.5. The number of nitrogens with one attached hydrogen (secondary N) is 1. The number of rotatable bonds is 14. The second-order valence-corrected chi connectivity index (χ2v) is 13.3. The van der Waals surface area contributed by atoms with Gasteiger partial charge in [-0.05, 0) is 62.1 Å². The van der Waals surface area contributed by atoms with Gasteiger partial charge in [0.1, 0.15) is 6.04 Å². The number of anilines is 1. The Balaban J connectivity index is 1.91. The number of aryl methyl sites for hydroxylation is 1. The summed E-state index contributed by atoms with van der Waals surface area (Å²) in [5.74, 6) is -0.516. The molecule has 0 bridgehead atoms. The van der Waals surface area contributed by atoms with Crippen LogP contribution in [0.15, 0.2) is 72.8 Å². The number of hydrogen-bond donors (Lipinski definition) is 1. The Kier molecular flexibility index (Phi) is 12.3. The van der Waals surface area contributed by atoms with Crippen molar-refractivity contribution >= 4 is 50.7 Å². The number of hydrogen-bond acceptors (Lipinski definition) is 4. The maximum absolute atomic E-state index is 13.9. The number of benzene rings is 3. The van der Waals surface area contributed by atoms with Gasteiger partial charge >= 0.3 is 0 Å². The highest BCUT2D eigenvalue weighted by Crippen LogP contribution is 2.25. The standard InChI is InChI=1S/C32H39Cl2N3O4S/c1-5-24(3)35-32(39)30(21-25-10-7-6-8-11-25)36(22-26-15-18-28(33)29(34)20-26)31(38)12-9-19-37(42(4,40)41)27-16-13-23(2)14-17-27/h6-8,10-11,13-18,20,24,30H,5,9,12,19,21-22H2,1-4H3,(H,35,39)/t24-,30-/m0/s1. The van der Waals surface area contributed by atoms with Crippen LogP contribution in [-0.2, 0) is 32.6 Å². The monoisotopic (exact) mass is 631 g/mol. The smallest absolute Gasteiger partial charge is 0.243 e. The van der Waals surface area contributed by atoms with Gasteiger partial charge < -0.3 is 10.2 Å². The normalized spacial score (nSPS) is 12.8. The van der Waals surface area contributed by atoms with Gasteiger partial charge in [-0.3, -0.25) is 13.9 Å². The number of carbonyl (C=O) groups is 2. The lowest BCUT2D eigenvalue weighted by atomic mass is 10.0. The Morgan fingerprint density at radius 1 is 0.929 bits per heavy atom. The van der Waals surface area contributed by atoms with Crippen LogP contribution in [0.3, 0.4) is 0 Å². The van der Waals surface area contributed by atoms with Crippen LogP contribution in [0.2, 0.25) is 10.0 Å². The Morgan fingerprint density at radius 3 is 2.19 bits per heavy atom. The molecule has 0 aromatic heterocycles. The second kappa shape index (κ2) is 15.4. The summed E-state index contributed by atoms with van der Waals surface area (Å²) in [6, 6.07) is 21.0. The van der Waals surface area contributed by atoms with Crippen LogP contribution >= 0.6 is 23.2 Å². The maximum Gasteiger partial charge on any atom is 0.243 e. The molecule has 2 amide bonds. The minimum absolute atomic E-state index is 0.0428. The molecule has 0 aliphatic rings. The fraction of sp³-hybridized carbons (Fsp3) is 0.375. The van der Waals surface area contributed by atoms with Gasteiger partial charge in [0.25, 0.3) is 0 Å². The SMILES string of the molecule is CC[C@H](C)NC(=O)[C@H](Cc1ccccc1)N(Cc1ccc(Cl)c(Cl)c1)C(=O)CCCN(c1ccc(C)cc1)S(C)(=O)=O. The number of amides is 2. The lowest BCUT2D eigenvalue weighted by Gasteiger charge is -2.33. The van der Waals surface area contributed by atoms with Gasteiger partial charge in [-0.2, -0.15) is 0 Å². The molecule has 7 nitrogen and oxygen atoms in total. The van der Waals surface area contributed by atoms with Crippen molar-refractivity contribution in [3.8, 4) is 0 Å². The molecule has 3 aromatic rings. The van der Waals surface area contributed by atoms with E-state index < -0.39 is 16.1 Å². The molecule has 0 saturated heterocycles. The zero-order valence-corrected chi connectivity index (χ0v) is 26.8. The van der Waals surface area contributed by atoms with Crippen LogP contribution in [0.5, 0.6) is 0 Å². The third-order valence-electron chi connectivity index (χ3n) is 7.08. The molecule has 0 saturated carbocycles. The van der Waals surface area contributed by atoms with Crippen molar-refractivity contribution in [2.75, 3.05) is 17.1 Å². The van der Waals surface area contributed by atoms with Crippen molar-refractivity contribution in [1.82, 2.24) is 10.2 Å². The lowest BCUT2D eigenvalue weighted by molar-refractivity contribution is -0.141. The van der Waals surface area contributed by atoms with E-state index in [1.54, 1.807) is 35.2 Å². The van der Waals surface area contributed by atoms with Gasteiger partial charge in [-0.15, -0.1) is 0 Å². The zero-order valence-electron chi connectivity index (χ0n) is 24.5. The van der Waals surface area contributed by atoms with E-state index in [9.17, 15) is 18.0 Å². The molecular formula is C32H39Cl2N3O4S. The first kappa shape index (κ1) is 33.4. The van der Waals surface area contributed by atoms with E-state index in [-0.39, 0.29) is 43.8 Å². The third-order valence-corrected chi connectivity index (χ3v) is 9.02. The van der Waals surface area contributed by atoms with Crippen LogP contribution in [0.4, 0.5) is 5.69 Å². The molecule has 226 valence electrons. The summed E-state index contributed by atoms with van der Waals surface area (Å²) in [6.45, 7) is 6.09. The van der Waals surface area contributed by atoms with Crippen LogP contribution in [0.25, 0.3) is 0 Å². The minimum Gasteiger partial charge on any atom is -0.352 e. The van der Waals surface area contributed by atoms with Crippen LogP contribution in [-0.4, -0.2) is 50.0 Å². The number of halogens is 2. The van der Waals surface area contributed by atoms with Gasteiger partial charge in [0, 0.05) is 32.0 Å². The Hall–Kier alpha value is -3.07. The molecule has 0 spiro atoms. The van der Waals surface area contributed by atoms with Crippen molar-refractivity contribution in [3.63, 3.8) is 0 Å². The third kappa shape index (κ3) is 9.75. The van der Waals surface area contributed by atoms with Gasteiger partial charge in [0.2, 0.25) is 21.8 Å². The molecular weight excluding hydrogens is 593 g/mol. The first-order valence-corrected chi connectivity index (χ1v) is 16.6. The first-order chi connectivity index (χ1) is 19.9. The molecule has 0 aliphatic heterocycles. The minimum atomic E-state index is -3.58. The van der Waals surface area contributed by atoms with Gasteiger partial charge in [-0.1, -0.05) is 84.2 Å². The van der Waals surface area contributed by atoms with Crippen molar-refractivity contribution < 1.29 is 18.0 Å². The molecule has 0 aliphatic carbocycles. The fourth-order valence-corrected chi connectivity index (χ4v) is 5.83. The molecule has 1 N–H and O–H groups in total. The zero-order chi connectivity index (χ0) is 30.9. The molecule has 2 atom stereocenters. The summed E-state index contributed by atoms with van der Waals surface area (Å²) in [6.07, 6.45) is 2.52. The fourth-order valence-electron chi connectivity index (χ4n) is 4.54. The van der Waals surface area contributed by atoms with E-state index >= 15 is 0 Å².